The van der Waals surface area contributed by atoms with E-state index in [2.05, 4.69) is 39.7 Å². The van der Waals surface area contributed by atoms with E-state index in [-0.39, 0.29) is 19.0 Å². The molecule has 1 aromatic heterocycles. The third-order valence-corrected chi connectivity index (χ3v) is 7.43. The molecule has 11 heteroatoms. The number of rotatable bonds is 12. The fourth-order valence-corrected chi connectivity index (χ4v) is 5.34. The van der Waals surface area contributed by atoms with E-state index in [1.807, 2.05) is 13.0 Å². The van der Waals surface area contributed by atoms with E-state index < -0.39 is 12.0 Å². The van der Waals surface area contributed by atoms with Gasteiger partial charge in [0.2, 0.25) is 11.1 Å². The minimum Gasteiger partial charge on any atom is -0.490 e. The molecule has 0 fully saturated rings. The summed E-state index contributed by atoms with van der Waals surface area (Å²) in [6.45, 7) is 9.85. The molecule has 3 aromatic rings. The number of aromatic nitrogens is 3. The van der Waals surface area contributed by atoms with Crippen molar-refractivity contribution in [2.75, 3.05) is 24.3 Å². The maximum atomic E-state index is 14.2. The number of fused-ring (bicyclic) bond motifs is 1. The molecule has 0 spiro atoms. The standard InChI is InChI=1S/C28H30BrFN4O4S/c1-5-12-37-26(35)23-17(4)31-27-32-28(39-13-6-2)33-34(27)24(23)19-14-20(29)25(22(15-19)36-7-3)38-16-18-10-8-9-11-21(18)30/h5,8-11,14-15,24H,1,6-7,12-13,16H2,2-4H3,(H,31,32,33). The van der Waals surface area contributed by atoms with E-state index in [9.17, 15) is 9.18 Å². The van der Waals surface area contributed by atoms with Crippen molar-refractivity contribution in [3.8, 4) is 11.5 Å². The van der Waals surface area contributed by atoms with Crippen molar-refractivity contribution in [3.63, 3.8) is 0 Å². The Morgan fingerprint density at radius 3 is 2.79 bits per heavy atom. The first-order chi connectivity index (χ1) is 18.9. The molecule has 0 aliphatic carbocycles. The Labute approximate surface area is 239 Å². The highest BCUT2D eigenvalue weighted by atomic mass is 79.9. The summed E-state index contributed by atoms with van der Waals surface area (Å²) in [6.07, 6.45) is 2.49. The summed E-state index contributed by atoms with van der Waals surface area (Å²) in [5.41, 5.74) is 2.11. The summed E-state index contributed by atoms with van der Waals surface area (Å²) in [5, 5.41) is 8.52. The highest BCUT2D eigenvalue weighted by molar-refractivity contribution is 9.10. The van der Waals surface area contributed by atoms with Crippen LogP contribution in [-0.2, 0) is 16.1 Å². The van der Waals surface area contributed by atoms with Crippen molar-refractivity contribution >= 4 is 39.6 Å². The van der Waals surface area contributed by atoms with Crippen LogP contribution < -0.4 is 14.8 Å². The average molecular weight is 618 g/mol. The van der Waals surface area contributed by atoms with Crippen LogP contribution in [0.15, 0.2) is 70.0 Å². The van der Waals surface area contributed by atoms with E-state index in [0.29, 0.717) is 56.1 Å². The number of hydrogen-bond acceptors (Lipinski definition) is 8. The highest BCUT2D eigenvalue weighted by Crippen LogP contribution is 2.43. The molecule has 1 unspecified atom stereocenters. The van der Waals surface area contributed by atoms with Gasteiger partial charge in [0.1, 0.15) is 25.1 Å². The molecule has 0 radical (unpaired) electrons. The normalized spacial score (nSPS) is 14.4. The number of benzene rings is 2. The minimum absolute atomic E-state index is 0.0153. The maximum Gasteiger partial charge on any atom is 0.338 e. The Morgan fingerprint density at radius 1 is 1.28 bits per heavy atom. The van der Waals surface area contributed by atoms with Gasteiger partial charge in [-0.2, -0.15) is 4.98 Å². The predicted octanol–water partition coefficient (Wildman–Crippen LogP) is 6.68. The Kier molecular flexibility index (Phi) is 9.68. The largest absolute Gasteiger partial charge is 0.490 e. The summed E-state index contributed by atoms with van der Waals surface area (Å²) < 4.78 is 33.9. The Hall–Kier alpha value is -3.31. The van der Waals surface area contributed by atoms with E-state index in [1.54, 1.807) is 47.6 Å². The van der Waals surface area contributed by atoms with Gasteiger partial charge in [0, 0.05) is 17.0 Å². The van der Waals surface area contributed by atoms with E-state index >= 15 is 0 Å². The van der Waals surface area contributed by atoms with Gasteiger partial charge in [-0.05, 0) is 60.0 Å². The van der Waals surface area contributed by atoms with Crippen molar-refractivity contribution in [1.29, 1.82) is 0 Å². The monoisotopic (exact) mass is 616 g/mol. The van der Waals surface area contributed by atoms with Crippen LogP contribution in [0.5, 0.6) is 11.5 Å². The summed E-state index contributed by atoms with van der Waals surface area (Å²) >= 11 is 5.15. The fraction of sp³-hybridized carbons (Fsp3) is 0.321. The molecular formula is C28H30BrFN4O4S. The molecule has 39 heavy (non-hydrogen) atoms. The van der Waals surface area contributed by atoms with Crippen LogP contribution in [0, 0.1) is 5.82 Å². The smallest absolute Gasteiger partial charge is 0.338 e. The third kappa shape index (κ3) is 6.47. The molecule has 1 aliphatic heterocycles. The van der Waals surface area contributed by atoms with Crippen LogP contribution in [0.25, 0.3) is 0 Å². The van der Waals surface area contributed by atoms with E-state index in [0.717, 1.165) is 12.2 Å². The molecule has 1 N–H and O–H groups in total. The van der Waals surface area contributed by atoms with Crippen LogP contribution in [0.1, 0.15) is 44.4 Å². The van der Waals surface area contributed by atoms with Gasteiger partial charge in [0.25, 0.3) is 0 Å². The molecule has 0 saturated carbocycles. The molecule has 206 valence electrons. The molecule has 2 heterocycles. The SMILES string of the molecule is C=CCOC(=O)C1=C(C)Nc2nc(SCCC)nn2C1c1cc(Br)c(OCc2ccccc2F)c(OCC)c1. The number of nitrogens with one attached hydrogen (secondary N) is 1. The summed E-state index contributed by atoms with van der Waals surface area (Å²) in [7, 11) is 0. The zero-order valence-corrected chi connectivity index (χ0v) is 24.4. The van der Waals surface area contributed by atoms with Crippen LogP contribution in [0.4, 0.5) is 10.3 Å². The number of carbonyl (C=O) groups is 1. The average Bonchev–Trinajstić information content (AvgIpc) is 3.32. The molecule has 0 amide bonds. The second-order valence-electron chi connectivity index (χ2n) is 8.61. The first kappa shape index (κ1) is 28.7. The molecule has 0 saturated heterocycles. The number of halogens is 2. The van der Waals surface area contributed by atoms with E-state index in [1.165, 1.54) is 12.1 Å². The number of ether oxygens (including phenoxy) is 3. The predicted molar refractivity (Wildman–Crippen MR) is 153 cm³/mol. The highest BCUT2D eigenvalue weighted by Gasteiger charge is 2.36. The number of nitrogens with zero attached hydrogens (tertiary/aromatic N) is 3. The van der Waals surface area contributed by atoms with Gasteiger partial charge in [-0.25, -0.2) is 13.9 Å². The van der Waals surface area contributed by atoms with Gasteiger partial charge in [-0.3, -0.25) is 0 Å². The molecule has 4 rings (SSSR count). The van der Waals surface area contributed by atoms with Crippen molar-refractivity contribution < 1.29 is 23.4 Å². The molecular weight excluding hydrogens is 587 g/mol. The fourth-order valence-electron chi connectivity index (χ4n) is 4.08. The molecule has 1 aliphatic rings. The van der Waals surface area contributed by atoms with Crippen molar-refractivity contribution in [3.05, 3.63) is 81.7 Å². The lowest BCUT2D eigenvalue weighted by molar-refractivity contribution is -0.138. The number of thioether (sulfide) groups is 1. The Balaban J connectivity index is 1.78. The van der Waals surface area contributed by atoms with Crippen molar-refractivity contribution in [1.82, 2.24) is 14.8 Å². The zero-order valence-electron chi connectivity index (χ0n) is 22.0. The van der Waals surface area contributed by atoms with Gasteiger partial charge in [0.15, 0.2) is 11.5 Å². The van der Waals surface area contributed by atoms with Gasteiger partial charge in [0.05, 0.1) is 16.7 Å². The van der Waals surface area contributed by atoms with Crippen LogP contribution in [0.2, 0.25) is 0 Å². The minimum atomic E-state index is -0.654. The Morgan fingerprint density at radius 2 is 2.08 bits per heavy atom. The zero-order chi connectivity index (χ0) is 27.9. The third-order valence-electron chi connectivity index (χ3n) is 5.80. The van der Waals surface area contributed by atoms with Crippen molar-refractivity contribution in [2.45, 2.75) is 45.0 Å². The lowest BCUT2D eigenvalue weighted by Gasteiger charge is -2.29. The van der Waals surface area contributed by atoms with Gasteiger partial charge >= 0.3 is 5.97 Å². The number of carbonyl (C=O) groups excluding carboxylic acids is 1. The van der Waals surface area contributed by atoms with Crippen LogP contribution in [0.3, 0.4) is 0 Å². The van der Waals surface area contributed by atoms with Gasteiger partial charge < -0.3 is 19.5 Å². The number of anilines is 1. The van der Waals surface area contributed by atoms with Gasteiger partial charge in [-0.15, -0.1) is 5.10 Å². The molecule has 1 atom stereocenters. The summed E-state index contributed by atoms with van der Waals surface area (Å²) in [4.78, 5) is 17.9. The van der Waals surface area contributed by atoms with Crippen LogP contribution >= 0.6 is 27.7 Å². The van der Waals surface area contributed by atoms with Crippen LogP contribution in [-0.4, -0.2) is 39.7 Å². The second-order valence-corrected chi connectivity index (χ2v) is 10.5. The summed E-state index contributed by atoms with van der Waals surface area (Å²) in [6, 6.07) is 9.44. The first-order valence-corrected chi connectivity index (χ1v) is 14.3. The number of hydrogen-bond donors (Lipinski definition) is 1. The number of esters is 1. The summed E-state index contributed by atoms with van der Waals surface area (Å²) in [5.74, 6) is 1.40. The second kappa shape index (κ2) is 13.2. The lowest BCUT2D eigenvalue weighted by atomic mass is 9.95. The van der Waals surface area contributed by atoms with Crippen molar-refractivity contribution in [2.24, 2.45) is 0 Å². The quantitative estimate of drug-likeness (QED) is 0.137. The molecule has 0 bridgehead atoms. The number of allylic oxidation sites excluding steroid dienone is 1. The van der Waals surface area contributed by atoms with E-state index in [4.69, 9.17) is 19.3 Å². The molecule has 2 aromatic carbocycles. The topological polar surface area (TPSA) is 87.5 Å². The Bertz CT molecular complexity index is 1390. The first-order valence-electron chi connectivity index (χ1n) is 12.5. The van der Waals surface area contributed by atoms with Gasteiger partial charge in [-0.1, -0.05) is 49.5 Å². The lowest BCUT2D eigenvalue weighted by Crippen LogP contribution is -2.29. The molecule has 8 nitrogen and oxygen atoms in total. The maximum absolute atomic E-state index is 14.2.